The van der Waals surface area contributed by atoms with E-state index in [4.69, 9.17) is 14.2 Å². The van der Waals surface area contributed by atoms with Crippen molar-refractivity contribution >= 4 is 35.6 Å². The minimum Gasteiger partial charge on any atom is -0.457 e. The lowest BCUT2D eigenvalue weighted by Gasteiger charge is -2.28. The summed E-state index contributed by atoms with van der Waals surface area (Å²) in [6.45, 7) is 12.5. The lowest BCUT2D eigenvalue weighted by molar-refractivity contribution is -0.125. The van der Waals surface area contributed by atoms with Gasteiger partial charge in [-0.15, -0.1) is 0 Å². The van der Waals surface area contributed by atoms with E-state index in [0.717, 1.165) is 0 Å². The molecule has 1 fully saturated rings. The maximum atomic E-state index is 12.8. The van der Waals surface area contributed by atoms with Crippen LogP contribution in [0.25, 0.3) is 0 Å². The van der Waals surface area contributed by atoms with Crippen LogP contribution < -0.4 is 15.4 Å². The third-order valence-corrected chi connectivity index (χ3v) is 7.12. The Kier molecular flexibility index (Phi) is 13.3. The highest BCUT2D eigenvalue weighted by Gasteiger charge is 2.36. The lowest BCUT2D eigenvalue weighted by Crippen LogP contribution is -2.48. The molecule has 0 radical (unpaired) electrons. The van der Waals surface area contributed by atoms with E-state index in [1.165, 1.54) is 9.80 Å². The Morgan fingerprint density at radius 2 is 1.29 bits per heavy atom. The van der Waals surface area contributed by atoms with Gasteiger partial charge in [0.2, 0.25) is 11.8 Å². The molecule has 1 atom stereocenters. The van der Waals surface area contributed by atoms with Gasteiger partial charge in [0, 0.05) is 24.2 Å². The number of Topliss-reactive ketones (excluding diaryl/α,β-unsaturated/α-hetero) is 2. The van der Waals surface area contributed by atoms with E-state index in [2.05, 4.69) is 10.6 Å². The fraction of sp³-hybridized carbons (Fsp3) is 0.500. The van der Waals surface area contributed by atoms with E-state index < -0.39 is 41.2 Å². The van der Waals surface area contributed by atoms with E-state index >= 15 is 0 Å². The molecule has 3 rings (SSSR count). The van der Waals surface area contributed by atoms with Gasteiger partial charge in [-0.3, -0.25) is 29.0 Å². The number of carbonyl (C=O) groups is 6. The van der Waals surface area contributed by atoms with Crippen molar-refractivity contribution in [3.8, 4) is 11.5 Å². The van der Waals surface area contributed by atoms with Crippen LogP contribution in [-0.2, 0) is 19.1 Å². The molecule has 0 aromatic heterocycles. The summed E-state index contributed by atoms with van der Waals surface area (Å²) in [5.74, 6) is -0.606. The number of carbonyl (C=O) groups excluding carboxylic acids is 6. The minimum atomic E-state index is -0.695. The van der Waals surface area contributed by atoms with Gasteiger partial charge >= 0.3 is 12.2 Å². The lowest BCUT2D eigenvalue weighted by atomic mass is 10.1. The van der Waals surface area contributed by atoms with Crippen LogP contribution in [0.3, 0.4) is 0 Å². The Labute approximate surface area is 287 Å². The highest BCUT2D eigenvalue weighted by molar-refractivity contribution is 6.00. The van der Waals surface area contributed by atoms with Gasteiger partial charge < -0.3 is 24.8 Å². The number of benzene rings is 2. The van der Waals surface area contributed by atoms with Crippen LogP contribution in [0.4, 0.5) is 9.59 Å². The van der Waals surface area contributed by atoms with Crippen LogP contribution in [0.1, 0.15) is 88.4 Å². The fourth-order valence-corrected chi connectivity index (χ4v) is 4.86. The standard InChI is InChI=1S/C36H48N4O9/c1-8-19-39(33(45)48-35(2,3)4)23-31(43)37-21-29(41)24-11-15-26(16-12-24)47-27-17-13-25(14-18-27)30(42)22-38-32(44)28-10-9-20-40(28)34(46)49-36(5,6)7/h11-18,28H,8-10,19-23H2,1-7H3,(H,37,43)(H,38,44). The van der Waals surface area contributed by atoms with Crippen molar-refractivity contribution in [2.24, 2.45) is 0 Å². The van der Waals surface area contributed by atoms with Gasteiger partial charge in [0.1, 0.15) is 35.3 Å². The van der Waals surface area contributed by atoms with Crippen molar-refractivity contribution < 1.29 is 43.0 Å². The Hall–Kier alpha value is -4.94. The minimum absolute atomic E-state index is 0.225. The van der Waals surface area contributed by atoms with Gasteiger partial charge in [0.05, 0.1) is 13.1 Å². The van der Waals surface area contributed by atoms with Crippen molar-refractivity contribution in [3.05, 3.63) is 59.7 Å². The number of nitrogens with one attached hydrogen (secondary N) is 2. The summed E-state index contributed by atoms with van der Waals surface area (Å²) in [5.41, 5.74) is -0.644. The number of ketones is 2. The molecule has 1 unspecified atom stereocenters. The third-order valence-electron chi connectivity index (χ3n) is 7.12. The second-order valence-corrected chi connectivity index (χ2v) is 13.7. The first kappa shape index (κ1) is 38.5. The van der Waals surface area contributed by atoms with Gasteiger partial charge in [0.25, 0.3) is 0 Å². The average Bonchev–Trinajstić information content (AvgIpc) is 3.52. The number of hydrogen-bond acceptors (Lipinski definition) is 9. The molecule has 4 amide bonds. The van der Waals surface area contributed by atoms with Gasteiger partial charge in [0.15, 0.2) is 11.6 Å². The van der Waals surface area contributed by atoms with Gasteiger partial charge in [-0.05, 0) is 109 Å². The predicted octanol–water partition coefficient (Wildman–Crippen LogP) is 5.12. The molecule has 0 saturated carbocycles. The SMILES string of the molecule is CCCN(CC(=O)NCC(=O)c1ccc(Oc2ccc(C(=O)CNC(=O)C3CCCN3C(=O)OC(C)(C)C)cc2)cc1)C(=O)OC(C)(C)C. The smallest absolute Gasteiger partial charge is 0.410 e. The van der Waals surface area contributed by atoms with Crippen LogP contribution in [-0.4, -0.2) is 95.3 Å². The summed E-state index contributed by atoms with van der Waals surface area (Å²) in [6, 6.07) is 12.1. The van der Waals surface area contributed by atoms with Crippen molar-refractivity contribution in [2.45, 2.75) is 85.0 Å². The molecule has 0 bridgehead atoms. The molecule has 49 heavy (non-hydrogen) atoms. The summed E-state index contributed by atoms with van der Waals surface area (Å²) in [5, 5.41) is 5.20. The molecule has 266 valence electrons. The highest BCUT2D eigenvalue weighted by Crippen LogP contribution is 2.23. The third kappa shape index (κ3) is 12.5. The van der Waals surface area contributed by atoms with Crippen LogP contribution in [0.5, 0.6) is 11.5 Å². The monoisotopic (exact) mass is 680 g/mol. The van der Waals surface area contributed by atoms with Crippen molar-refractivity contribution in [3.63, 3.8) is 0 Å². The van der Waals surface area contributed by atoms with E-state index in [0.29, 0.717) is 55.0 Å². The number of amides is 4. The molecular weight excluding hydrogens is 632 g/mol. The number of ether oxygens (including phenoxy) is 3. The van der Waals surface area contributed by atoms with Crippen molar-refractivity contribution in [1.29, 1.82) is 0 Å². The maximum absolute atomic E-state index is 12.8. The summed E-state index contributed by atoms with van der Waals surface area (Å²) in [7, 11) is 0. The zero-order chi connectivity index (χ0) is 36.4. The summed E-state index contributed by atoms with van der Waals surface area (Å²) >= 11 is 0. The molecule has 1 aliphatic rings. The molecule has 13 heteroatoms. The quantitative estimate of drug-likeness (QED) is 0.274. The first-order chi connectivity index (χ1) is 23.0. The summed E-state index contributed by atoms with van der Waals surface area (Å²) in [6.07, 6.45) is 0.656. The van der Waals surface area contributed by atoms with E-state index in [1.54, 1.807) is 90.1 Å². The Bertz CT molecular complexity index is 1490. The molecule has 1 aliphatic heterocycles. The first-order valence-corrected chi connectivity index (χ1v) is 16.4. The van der Waals surface area contributed by atoms with E-state index in [-0.39, 0.29) is 31.2 Å². The van der Waals surface area contributed by atoms with E-state index in [9.17, 15) is 28.8 Å². The maximum Gasteiger partial charge on any atom is 0.410 e. The molecule has 0 aliphatic carbocycles. The van der Waals surface area contributed by atoms with Crippen molar-refractivity contribution in [2.75, 3.05) is 32.7 Å². The topological polar surface area (TPSA) is 161 Å². The Morgan fingerprint density at radius 1 is 0.776 bits per heavy atom. The van der Waals surface area contributed by atoms with Crippen LogP contribution in [0.15, 0.2) is 48.5 Å². The molecule has 2 aromatic carbocycles. The second-order valence-electron chi connectivity index (χ2n) is 13.7. The predicted molar refractivity (Wildman–Crippen MR) is 182 cm³/mol. The van der Waals surface area contributed by atoms with Crippen LogP contribution >= 0.6 is 0 Å². The second kappa shape index (κ2) is 16.9. The number of hydrogen-bond donors (Lipinski definition) is 2. The summed E-state index contributed by atoms with van der Waals surface area (Å²) < 4.78 is 16.6. The van der Waals surface area contributed by atoms with Gasteiger partial charge in [-0.1, -0.05) is 6.92 Å². The fourth-order valence-electron chi connectivity index (χ4n) is 4.86. The molecule has 1 heterocycles. The van der Waals surface area contributed by atoms with Gasteiger partial charge in [-0.2, -0.15) is 0 Å². The van der Waals surface area contributed by atoms with E-state index in [1.807, 2.05) is 6.92 Å². The first-order valence-electron chi connectivity index (χ1n) is 16.4. The number of rotatable bonds is 13. The molecule has 2 N–H and O–H groups in total. The summed E-state index contributed by atoms with van der Waals surface area (Å²) in [4.78, 5) is 78.3. The zero-order valence-electron chi connectivity index (χ0n) is 29.4. The molecule has 13 nitrogen and oxygen atoms in total. The van der Waals surface area contributed by atoms with Gasteiger partial charge in [-0.25, -0.2) is 9.59 Å². The number of nitrogens with zero attached hydrogens (tertiary/aromatic N) is 2. The highest BCUT2D eigenvalue weighted by atomic mass is 16.6. The largest absolute Gasteiger partial charge is 0.457 e. The Balaban J connectivity index is 1.46. The zero-order valence-corrected chi connectivity index (χ0v) is 29.4. The Morgan fingerprint density at radius 3 is 1.78 bits per heavy atom. The van der Waals surface area contributed by atoms with Crippen LogP contribution in [0, 0.1) is 0 Å². The van der Waals surface area contributed by atoms with Crippen LogP contribution in [0.2, 0.25) is 0 Å². The van der Waals surface area contributed by atoms with Crippen molar-refractivity contribution in [1.82, 2.24) is 20.4 Å². The normalized spacial score (nSPS) is 14.4. The average molecular weight is 681 g/mol. The molecule has 0 spiro atoms. The molecule has 1 saturated heterocycles. The molecular formula is C36H48N4O9. The number of likely N-dealkylation sites (tertiary alicyclic amines) is 1. The molecule has 2 aromatic rings.